The lowest BCUT2D eigenvalue weighted by Crippen LogP contribution is -2.61. The van der Waals surface area contributed by atoms with Gasteiger partial charge in [0.15, 0.2) is 6.29 Å². The molecule has 3 aliphatic rings. The lowest BCUT2D eigenvalue weighted by Gasteiger charge is -2.51. The van der Waals surface area contributed by atoms with Gasteiger partial charge in [-0.05, 0) is 87.8 Å². The van der Waals surface area contributed by atoms with E-state index in [0.29, 0.717) is 29.8 Å². The zero-order chi connectivity index (χ0) is 34.8. The largest absolute Gasteiger partial charge is 0.392 e. The van der Waals surface area contributed by atoms with Crippen molar-refractivity contribution in [3.63, 3.8) is 0 Å². The second-order valence-corrected chi connectivity index (χ2v) is 16.7. The summed E-state index contributed by atoms with van der Waals surface area (Å²) in [5, 5.41) is 12.9. The third-order valence-corrected chi connectivity index (χ3v) is 11.7. The maximum atomic E-state index is 13.8. The van der Waals surface area contributed by atoms with Gasteiger partial charge in [-0.2, -0.15) is 0 Å². The molecule has 1 aliphatic carbocycles. The highest BCUT2D eigenvalue weighted by molar-refractivity contribution is 7.92. The van der Waals surface area contributed by atoms with Crippen LogP contribution >= 0.6 is 0 Å². The minimum absolute atomic E-state index is 0.0447. The Hall–Kier alpha value is -3.28. The number of nitrogens with zero attached hydrogens (tertiary/aromatic N) is 1. The number of fused-ring (bicyclic) bond motifs is 1. The summed E-state index contributed by atoms with van der Waals surface area (Å²) in [6.45, 7) is 8.75. The third kappa shape index (κ3) is 8.37. The van der Waals surface area contributed by atoms with Gasteiger partial charge in [-0.1, -0.05) is 74.4 Å². The Morgan fingerprint density at radius 3 is 2.35 bits per heavy atom. The number of anilines is 1. The minimum Gasteiger partial charge on any atom is -0.392 e. The number of benzene rings is 3. The van der Waals surface area contributed by atoms with Crippen LogP contribution in [0.3, 0.4) is 0 Å². The topological polar surface area (TPSA) is 117 Å². The SMILES string of the molecule is C[C@H]1[C@@H](CN2[C@@H](C(=O)NC(C)(C)C)CC[C@H]3CCCC[C@H]32)O[C@@H](c2cccc(NS(=O)(=O)c3ccccc3)c2)O[C@H]1c1ccc(CO)cc1. The van der Waals surface area contributed by atoms with Crippen LogP contribution in [0.1, 0.15) is 95.3 Å². The number of hydrogen-bond acceptors (Lipinski definition) is 7. The number of likely N-dealkylation sites (tertiary alicyclic amines) is 1. The molecule has 49 heavy (non-hydrogen) atoms. The minimum atomic E-state index is -3.80. The number of aliphatic hydroxyl groups is 1. The number of amides is 1. The highest BCUT2D eigenvalue weighted by Crippen LogP contribution is 2.44. The van der Waals surface area contributed by atoms with Gasteiger partial charge < -0.3 is 19.9 Å². The van der Waals surface area contributed by atoms with E-state index >= 15 is 0 Å². The zero-order valence-corrected chi connectivity index (χ0v) is 29.9. The molecule has 6 rings (SSSR count). The lowest BCUT2D eigenvalue weighted by molar-refractivity contribution is -0.278. The molecule has 9 nitrogen and oxygen atoms in total. The molecule has 7 atom stereocenters. The fraction of sp³-hybridized carbons (Fsp3) is 0.513. The number of carbonyl (C=O) groups is 1. The average molecular weight is 690 g/mol. The number of piperidine rings is 1. The standard InChI is InChI=1S/C39H51N3O6S/c1-26-35(24-42-33-16-9-8-11-28(33)21-22-34(42)37(44)40-39(2,3)4)47-38(48-36(26)29-19-17-27(25-43)18-20-29)30-12-10-13-31(23-30)41-49(45,46)32-14-6-5-7-15-32/h5-7,10,12-15,17-20,23,26,28,33-36,38,41,43H,8-9,11,16,21-22,24-25H2,1-4H3,(H,40,44)/t26-,28+,33+,34+,35+,36+,38+/m0/s1. The number of carbonyl (C=O) groups excluding carboxylic acids is 1. The van der Waals surface area contributed by atoms with Crippen molar-refractivity contribution in [2.24, 2.45) is 11.8 Å². The second-order valence-electron chi connectivity index (χ2n) is 15.0. The molecule has 0 spiro atoms. The maximum Gasteiger partial charge on any atom is 0.261 e. The van der Waals surface area contributed by atoms with Gasteiger partial charge in [0.1, 0.15) is 0 Å². The van der Waals surface area contributed by atoms with Crippen molar-refractivity contribution in [1.82, 2.24) is 10.2 Å². The van der Waals surface area contributed by atoms with E-state index in [1.165, 1.54) is 12.8 Å². The fourth-order valence-electron chi connectivity index (χ4n) is 7.83. The summed E-state index contributed by atoms with van der Waals surface area (Å²) >= 11 is 0. The van der Waals surface area contributed by atoms with Gasteiger partial charge in [0.05, 0.1) is 29.8 Å². The normalized spacial score (nSPS) is 28.0. The van der Waals surface area contributed by atoms with Crippen LogP contribution in [-0.2, 0) is 30.9 Å². The van der Waals surface area contributed by atoms with Crippen LogP contribution < -0.4 is 10.0 Å². The van der Waals surface area contributed by atoms with E-state index in [0.717, 1.165) is 36.8 Å². The third-order valence-electron chi connectivity index (χ3n) is 10.3. The van der Waals surface area contributed by atoms with Gasteiger partial charge in [-0.25, -0.2) is 8.42 Å². The van der Waals surface area contributed by atoms with Crippen molar-refractivity contribution in [3.8, 4) is 0 Å². The molecule has 2 saturated heterocycles. The number of nitrogens with one attached hydrogen (secondary N) is 2. The quantitative estimate of drug-likeness (QED) is 0.229. The summed E-state index contributed by atoms with van der Waals surface area (Å²) in [4.78, 5) is 16.4. The van der Waals surface area contributed by atoms with Gasteiger partial charge >= 0.3 is 0 Å². The molecule has 3 N–H and O–H groups in total. The Balaban J connectivity index is 1.32. The Kier molecular flexibility index (Phi) is 10.8. The van der Waals surface area contributed by atoms with Gasteiger partial charge in [-0.15, -0.1) is 0 Å². The van der Waals surface area contributed by atoms with Crippen molar-refractivity contribution in [1.29, 1.82) is 0 Å². The lowest BCUT2D eigenvalue weighted by atomic mass is 9.75. The van der Waals surface area contributed by atoms with Crippen molar-refractivity contribution in [3.05, 3.63) is 95.6 Å². The Labute approximate surface area is 291 Å². The number of hydrogen-bond donors (Lipinski definition) is 3. The molecule has 3 aromatic rings. The van der Waals surface area contributed by atoms with Crippen LogP contribution in [0.4, 0.5) is 5.69 Å². The molecule has 2 aliphatic heterocycles. The van der Waals surface area contributed by atoms with Gasteiger partial charge in [0, 0.05) is 35.3 Å². The summed E-state index contributed by atoms with van der Waals surface area (Å²) in [6.07, 6.45) is 5.13. The summed E-state index contributed by atoms with van der Waals surface area (Å²) < 4.78 is 42.6. The Morgan fingerprint density at radius 2 is 1.63 bits per heavy atom. The van der Waals surface area contributed by atoms with Crippen molar-refractivity contribution < 1.29 is 27.8 Å². The molecule has 264 valence electrons. The zero-order valence-electron chi connectivity index (χ0n) is 29.0. The summed E-state index contributed by atoms with van der Waals surface area (Å²) in [5.74, 6) is 0.572. The van der Waals surface area contributed by atoms with E-state index < -0.39 is 16.3 Å². The molecule has 10 heteroatoms. The number of ether oxygens (including phenoxy) is 2. The van der Waals surface area contributed by atoms with Crippen molar-refractivity contribution in [2.75, 3.05) is 11.3 Å². The second kappa shape index (κ2) is 14.9. The van der Waals surface area contributed by atoms with E-state index in [9.17, 15) is 18.3 Å². The summed E-state index contributed by atoms with van der Waals surface area (Å²) in [6, 6.07) is 23.3. The first kappa shape index (κ1) is 35.5. The highest BCUT2D eigenvalue weighted by Gasteiger charge is 2.46. The number of rotatable bonds is 9. The van der Waals surface area contributed by atoms with Gasteiger partial charge in [0.25, 0.3) is 10.0 Å². The van der Waals surface area contributed by atoms with E-state index in [-0.39, 0.29) is 47.1 Å². The van der Waals surface area contributed by atoms with E-state index in [1.54, 1.807) is 48.5 Å². The highest BCUT2D eigenvalue weighted by atomic mass is 32.2. The Morgan fingerprint density at radius 1 is 0.898 bits per heavy atom. The summed E-state index contributed by atoms with van der Waals surface area (Å²) in [5.41, 5.74) is 2.56. The molecule has 0 bridgehead atoms. The molecule has 0 unspecified atom stereocenters. The monoisotopic (exact) mass is 689 g/mol. The molecule has 1 saturated carbocycles. The number of aliphatic hydroxyl groups excluding tert-OH is 1. The van der Waals surface area contributed by atoms with E-state index in [1.807, 2.05) is 51.1 Å². The van der Waals surface area contributed by atoms with E-state index in [4.69, 9.17) is 9.47 Å². The first-order valence-corrected chi connectivity index (χ1v) is 19.2. The van der Waals surface area contributed by atoms with Gasteiger partial charge in [-0.3, -0.25) is 14.4 Å². The molecule has 1 amide bonds. The van der Waals surface area contributed by atoms with Crippen LogP contribution in [-0.4, -0.2) is 54.6 Å². The molecular weight excluding hydrogens is 639 g/mol. The number of sulfonamides is 1. The molecule has 3 fully saturated rings. The van der Waals surface area contributed by atoms with Crippen LogP contribution in [0.5, 0.6) is 0 Å². The Bertz CT molecular complexity index is 1680. The van der Waals surface area contributed by atoms with Crippen molar-refractivity contribution >= 4 is 21.6 Å². The smallest absolute Gasteiger partial charge is 0.261 e. The van der Waals surface area contributed by atoms with Crippen LogP contribution in [0, 0.1) is 11.8 Å². The molecular formula is C39H51N3O6S. The maximum absolute atomic E-state index is 13.8. The van der Waals surface area contributed by atoms with Crippen LogP contribution in [0.15, 0.2) is 83.8 Å². The molecule has 2 heterocycles. The molecule has 3 aromatic carbocycles. The predicted molar refractivity (Wildman–Crippen MR) is 190 cm³/mol. The molecule has 0 aromatic heterocycles. The summed E-state index contributed by atoms with van der Waals surface area (Å²) in [7, 11) is -3.80. The van der Waals surface area contributed by atoms with E-state index in [2.05, 4.69) is 21.9 Å². The van der Waals surface area contributed by atoms with Crippen LogP contribution in [0.25, 0.3) is 0 Å². The van der Waals surface area contributed by atoms with Gasteiger partial charge in [0.2, 0.25) is 5.91 Å². The van der Waals surface area contributed by atoms with Crippen LogP contribution in [0.2, 0.25) is 0 Å². The first-order chi connectivity index (χ1) is 23.4. The first-order valence-electron chi connectivity index (χ1n) is 17.7. The fourth-order valence-corrected chi connectivity index (χ4v) is 8.90. The average Bonchev–Trinajstić information content (AvgIpc) is 3.09. The van der Waals surface area contributed by atoms with Crippen molar-refractivity contribution in [2.45, 2.75) is 114 Å². The molecule has 0 radical (unpaired) electrons. The predicted octanol–water partition coefficient (Wildman–Crippen LogP) is 6.71.